The summed E-state index contributed by atoms with van der Waals surface area (Å²) in [5, 5.41) is 5.86. The molecule has 0 aliphatic carbocycles. The van der Waals surface area contributed by atoms with Crippen LogP contribution in [0.1, 0.15) is 29.2 Å². The molecule has 118 valence electrons. The van der Waals surface area contributed by atoms with Crippen LogP contribution in [0.3, 0.4) is 0 Å². The van der Waals surface area contributed by atoms with E-state index in [0.717, 1.165) is 22.0 Å². The minimum absolute atomic E-state index is 0.0982. The van der Waals surface area contributed by atoms with Gasteiger partial charge in [-0.2, -0.15) is 0 Å². The number of rotatable bonds is 5. The summed E-state index contributed by atoms with van der Waals surface area (Å²) >= 11 is 1.56. The number of benzene rings is 1. The highest BCUT2D eigenvalue weighted by Crippen LogP contribution is 2.18. The summed E-state index contributed by atoms with van der Waals surface area (Å²) in [5.41, 5.74) is 2.00. The largest absolute Gasteiger partial charge is 0.497 e. The van der Waals surface area contributed by atoms with Gasteiger partial charge in [-0.05, 0) is 31.5 Å². The lowest BCUT2D eigenvalue weighted by atomic mass is 10.2. The molecule has 0 saturated carbocycles. The maximum atomic E-state index is 12.3. The molecule has 6 heteroatoms. The summed E-state index contributed by atoms with van der Waals surface area (Å²) in [5.74, 6) is 0.790. The predicted molar refractivity (Wildman–Crippen MR) is 88.3 cm³/mol. The SMILES string of the molecule is COc1cccc(CN(C)C(=O)NC(C)c2nc(C)cs2)c1. The molecule has 0 spiro atoms. The summed E-state index contributed by atoms with van der Waals surface area (Å²) in [7, 11) is 3.40. The number of carbonyl (C=O) groups is 1. The Labute approximate surface area is 134 Å². The third-order valence-corrected chi connectivity index (χ3v) is 4.39. The van der Waals surface area contributed by atoms with Crippen LogP contribution in [0.2, 0.25) is 0 Å². The third-order valence-electron chi connectivity index (χ3n) is 3.25. The van der Waals surface area contributed by atoms with Crippen LogP contribution < -0.4 is 10.1 Å². The molecule has 1 atom stereocenters. The van der Waals surface area contributed by atoms with E-state index in [1.54, 1.807) is 30.4 Å². The number of nitrogens with zero attached hydrogens (tertiary/aromatic N) is 2. The van der Waals surface area contributed by atoms with Crippen molar-refractivity contribution in [3.8, 4) is 5.75 Å². The molecule has 0 bridgehead atoms. The summed E-state index contributed by atoms with van der Waals surface area (Å²) in [6.45, 7) is 4.41. The molecule has 0 aliphatic rings. The Morgan fingerprint density at radius 1 is 1.50 bits per heavy atom. The van der Waals surface area contributed by atoms with E-state index < -0.39 is 0 Å². The molecule has 22 heavy (non-hydrogen) atoms. The van der Waals surface area contributed by atoms with Crippen LogP contribution in [0, 0.1) is 6.92 Å². The van der Waals surface area contributed by atoms with Gasteiger partial charge >= 0.3 is 6.03 Å². The molecule has 0 aliphatic heterocycles. The molecular formula is C16H21N3O2S. The molecule has 1 N–H and O–H groups in total. The number of aromatic nitrogens is 1. The monoisotopic (exact) mass is 319 g/mol. The predicted octanol–water partition coefficient (Wildman–Crippen LogP) is 3.36. The Bertz CT molecular complexity index is 642. The molecule has 1 heterocycles. The lowest BCUT2D eigenvalue weighted by Gasteiger charge is -2.20. The molecule has 0 fully saturated rings. The first kappa shape index (κ1) is 16.3. The molecule has 2 aromatic rings. The lowest BCUT2D eigenvalue weighted by molar-refractivity contribution is 0.203. The van der Waals surface area contributed by atoms with Crippen molar-refractivity contribution >= 4 is 17.4 Å². The number of carbonyl (C=O) groups excluding carboxylic acids is 1. The Hall–Kier alpha value is -2.08. The van der Waals surface area contributed by atoms with Gasteiger partial charge in [-0.1, -0.05) is 12.1 Å². The van der Waals surface area contributed by atoms with Gasteiger partial charge in [0.1, 0.15) is 10.8 Å². The molecule has 1 unspecified atom stereocenters. The minimum atomic E-state index is -0.122. The quantitative estimate of drug-likeness (QED) is 0.919. The fourth-order valence-electron chi connectivity index (χ4n) is 2.04. The summed E-state index contributed by atoms with van der Waals surface area (Å²) < 4.78 is 5.20. The van der Waals surface area contributed by atoms with Crippen molar-refractivity contribution in [3.05, 3.63) is 45.9 Å². The third kappa shape index (κ3) is 4.21. The maximum absolute atomic E-state index is 12.3. The van der Waals surface area contributed by atoms with Gasteiger partial charge in [0, 0.05) is 24.7 Å². The zero-order valence-corrected chi connectivity index (χ0v) is 14.1. The number of aryl methyl sites for hydroxylation is 1. The second-order valence-corrected chi connectivity index (χ2v) is 6.10. The van der Waals surface area contributed by atoms with Gasteiger partial charge in [-0.15, -0.1) is 11.3 Å². The van der Waals surface area contributed by atoms with Crippen LogP contribution >= 0.6 is 11.3 Å². The lowest BCUT2D eigenvalue weighted by Crippen LogP contribution is -2.38. The highest BCUT2D eigenvalue weighted by atomic mass is 32.1. The maximum Gasteiger partial charge on any atom is 0.317 e. The van der Waals surface area contributed by atoms with Crippen molar-refractivity contribution in [3.63, 3.8) is 0 Å². The van der Waals surface area contributed by atoms with Crippen molar-refractivity contribution in [1.82, 2.24) is 15.2 Å². The summed E-state index contributed by atoms with van der Waals surface area (Å²) in [6.07, 6.45) is 0. The second-order valence-electron chi connectivity index (χ2n) is 5.21. The van der Waals surface area contributed by atoms with Crippen LogP contribution in [0.15, 0.2) is 29.6 Å². The molecule has 1 aromatic carbocycles. The van der Waals surface area contributed by atoms with Gasteiger partial charge in [0.2, 0.25) is 0 Å². The Balaban J connectivity index is 1.94. The van der Waals surface area contributed by atoms with E-state index in [4.69, 9.17) is 4.74 Å². The standard InChI is InChI=1S/C16H21N3O2S/c1-11-10-22-15(17-11)12(2)18-16(20)19(3)9-13-6-5-7-14(8-13)21-4/h5-8,10,12H,9H2,1-4H3,(H,18,20). The summed E-state index contributed by atoms with van der Waals surface area (Å²) in [4.78, 5) is 18.3. The zero-order valence-electron chi connectivity index (χ0n) is 13.3. The van der Waals surface area contributed by atoms with Crippen molar-refractivity contribution in [2.75, 3.05) is 14.2 Å². The first-order valence-corrected chi connectivity index (χ1v) is 7.94. The molecule has 1 aromatic heterocycles. The van der Waals surface area contributed by atoms with Crippen molar-refractivity contribution < 1.29 is 9.53 Å². The number of methoxy groups -OCH3 is 1. The molecular weight excluding hydrogens is 298 g/mol. The Kier molecular flexibility index (Phi) is 5.38. The van der Waals surface area contributed by atoms with Gasteiger partial charge in [0.15, 0.2) is 0 Å². The number of nitrogens with one attached hydrogen (secondary N) is 1. The number of thiazole rings is 1. The van der Waals surface area contributed by atoms with Gasteiger partial charge in [0.25, 0.3) is 0 Å². The highest BCUT2D eigenvalue weighted by molar-refractivity contribution is 7.09. The van der Waals surface area contributed by atoms with E-state index in [-0.39, 0.29) is 12.1 Å². The van der Waals surface area contributed by atoms with E-state index in [1.165, 1.54) is 0 Å². The van der Waals surface area contributed by atoms with Crippen LogP contribution in [0.5, 0.6) is 5.75 Å². The van der Waals surface area contributed by atoms with Gasteiger partial charge in [-0.3, -0.25) is 0 Å². The Morgan fingerprint density at radius 2 is 2.27 bits per heavy atom. The van der Waals surface area contributed by atoms with Gasteiger partial charge in [0.05, 0.1) is 13.2 Å². The average molecular weight is 319 g/mol. The van der Waals surface area contributed by atoms with Crippen molar-refractivity contribution in [2.45, 2.75) is 26.4 Å². The van der Waals surface area contributed by atoms with E-state index >= 15 is 0 Å². The van der Waals surface area contributed by atoms with Crippen LogP contribution in [0.4, 0.5) is 4.79 Å². The fourth-order valence-corrected chi connectivity index (χ4v) is 2.85. The molecule has 2 amide bonds. The number of amides is 2. The zero-order chi connectivity index (χ0) is 16.1. The minimum Gasteiger partial charge on any atom is -0.497 e. The number of hydrogen-bond acceptors (Lipinski definition) is 4. The van der Waals surface area contributed by atoms with E-state index in [9.17, 15) is 4.79 Å². The van der Waals surface area contributed by atoms with E-state index in [1.807, 2.05) is 43.5 Å². The molecule has 2 rings (SSSR count). The van der Waals surface area contributed by atoms with E-state index in [0.29, 0.717) is 6.54 Å². The number of urea groups is 1. The smallest absolute Gasteiger partial charge is 0.317 e. The first-order valence-electron chi connectivity index (χ1n) is 7.06. The summed E-state index contributed by atoms with van der Waals surface area (Å²) in [6, 6.07) is 7.48. The van der Waals surface area contributed by atoms with E-state index in [2.05, 4.69) is 10.3 Å². The van der Waals surface area contributed by atoms with Crippen LogP contribution in [-0.2, 0) is 6.54 Å². The molecule has 0 radical (unpaired) electrons. The van der Waals surface area contributed by atoms with Crippen molar-refractivity contribution in [1.29, 1.82) is 0 Å². The molecule has 0 saturated heterocycles. The van der Waals surface area contributed by atoms with Crippen LogP contribution in [-0.4, -0.2) is 30.1 Å². The Morgan fingerprint density at radius 3 is 2.91 bits per heavy atom. The topological polar surface area (TPSA) is 54.5 Å². The fraction of sp³-hybridized carbons (Fsp3) is 0.375. The number of ether oxygens (including phenoxy) is 1. The first-order chi connectivity index (χ1) is 10.5. The normalized spacial score (nSPS) is 11.8. The van der Waals surface area contributed by atoms with Crippen LogP contribution in [0.25, 0.3) is 0 Å². The van der Waals surface area contributed by atoms with Gasteiger partial charge in [-0.25, -0.2) is 9.78 Å². The average Bonchev–Trinajstić information content (AvgIpc) is 2.94. The second kappa shape index (κ2) is 7.26. The highest BCUT2D eigenvalue weighted by Gasteiger charge is 2.15. The number of hydrogen-bond donors (Lipinski definition) is 1. The van der Waals surface area contributed by atoms with Crippen molar-refractivity contribution in [2.24, 2.45) is 0 Å². The van der Waals surface area contributed by atoms with Gasteiger partial charge < -0.3 is 15.0 Å². The molecule has 5 nitrogen and oxygen atoms in total.